The summed E-state index contributed by atoms with van der Waals surface area (Å²) in [4.78, 5) is 9.52. The average Bonchev–Trinajstić information content (AvgIpc) is 2.41. The van der Waals surface area contributed by atoms with Gasteiger partial charge in [0.15, 0.2) is 0 Å². The van der Waals surface area contributed by atoms with Gasteiger partial charge >= 0.3 is 5.97 Å². The second kappa shape index (κ2) is 10.2. The van der Waals surface area contributed by atoms with Gasteiger partial charge in [0.05, 0.1) is 6.42 Å². The van der Waals surface area contributed by atoms with Crippen LogP contribution < -0.4 is 11.1 Å². The largest absolute Gasteiger partial charge is 0.481 e. The van der Waals surface area contributed by atoms with Gasteiger partial charge in [-0.3, -0.25) is 4.79 Å². The molecule has 0 aromatic rings. The maximum Gasteiger partial charge on any atom is 0.304 e. The molecule has 4 heteroatoms. The van der Waals surface area contributed by atoms with Crippen molar-refractivity contribution in [2.24, 2.45) is 5.73 Å². The third-order valence-electron chi connectivity index (χ3n) is 4.04. The highest BCUT2D eigenvalue weighted by Crippen LogP contribution is 2.22. The molecule has 0 aromatic carbocycles. The number of aliphatic carboxylic acids is 1. The second-order valence-electron chi connectivity index (χ2n) is 5.77. The molecule has 4 N–H and O–H groups in total. The Morgan fingerprint density at radius 1 is 0.947 bits per heavy atom. The smallest absolute Gasteiger partial charge is 0.304 e. The van der Waals surface area contributed by atoms with Gasteiger partial charge in [0.25, 0.3) is 0 Å². The minimum Gasteiger partial charge on any atom is -0.481 e. The van der Waals surface area contributed by atoms with Crippen molar-refractivity contribution < 1.29 is 9.90 Å². The van der Waals surface area contributed by atoms with E-state index in [1.165, 1.54) is 64.2 Å². The summed E-state index contributed by atoms with van der Waals surface area (Å²) in [6.45, 7) is 0.231. The van der Waals surface area contributed by atoms with Gasteiger partial charge in [-0.15, -0.1) is 0 Å². The number of carboxylic acid groups (broad SMARTS) is 1. The Hall–Kier alpha value is -0.610. The molecule has 112 valence electrons. The van der Waals surface area contributed by atoms with Crippen molar-refractivity contribution in [3.8, 4) is 0 Å². The highest BCUT2D eigenvalue weighted by Gasteiger charge is 2.19. The van der Waals surface area contributed by atoms with E-state index < -0.39 is 5.97 Å². The van der Waals surface area contributed by atoms with Crippen LogP contribution in [0.15, 0.2) is 0 Å². The molecule has 2 aliphatic rings. The normalized spacial score (nSPS) is 21.5. The molecule has 0 aliphatic heterocycles. The molecule has 0 atom stereocenters. The Morgan fingerprint density at radius 2 is 1.37 bits per heavy atom. The Kier molecular flexibility index (Phi) is 8.84. The zero-order chi connectivity index (χ0) is 13.9. The summed E-state index contributed by atoms with van der Waals surface area (Å²) in [6.07, 6.45) is 14.6. The second-order valence-corrected chi connectivity index (χ2v) is 5.77. The van der Waals surface area contributed by atoms with Crippen LogP contribution in [0.4, 0.5) is 0 Å². The number of nitrogens with one attached hydrogen (secondary N) is 1. The number of nitrogens with two attached hydrogens (primary N) is 1. The van der Waals surface area contributed by atoms with E-state index in [1.54, 1.807) is 0 Å². The third kappa shape index (κ3) is 8.22. The van der Waals surface area contributed by atoms with Gasteiger partial charge in [-0.2, -0.15) is 0 Å². The average molecular weight is 270 g/mol. The number of carbonyl (C=O) groups is 1. The standard InChI is InChI=1S/C12H23N.C3H7NO2/c1-3-7-11(8-4-1)13-12-9-5-2-6-10-12;4-2-1-3(5)6/h11-13H,1-10H2;1-2,4H2,(H,5,6). The topological polar surface area (TPSA) is 75.3 Å². The molecule has 2 fully saturated rings. The van der Waals surface area contributed by atoms with Crippen LogP contribution in [0.5, 0.6) is 0 Å². The van der Waals surface area contributed by atoms with E-state index in [9.17, 15) is 4.79 Å². The summed E-state index contributed by atoms with van der Waals surface area (Å²) >= 11 is 0. The van der Waals surface area contributed by atoms with Crippen LogP contribution in [0, 0.1) is 0 Å². The molecule has 0 spiro atoms. The van der Waals surface area contributed by atoms with E-state index in [0.29, 0.717) is 0 Å². The first-order chi connectivity index (χ1) is 9.22. The minimum absolute atomic E-state index is 0.0694. The Labute approximate surface area is 117 Å². The van der Waals surface area contributed by atoms with E-state index in [4.69, 9.17) is 10.8 Å². The lowest BCUT2D eigenvalue weighted by molar-refractivity contribution is -0.136. The molecule has 19 heavy (non-hydrogen) atoms. The summed E-state index contributed by atoms with van der Waals surface area (Å²) in [6, 6.07) is 1.74. The fourth-order valence-corrected chi connectivity index (χ4v) is 3.00. The molecule has 0 unspecified atom stereocenters. The van der Waals surface area contributed by atoms with Gasteiger partial charge in [-0.25, -0.2) is 0 Å². The maximum absolute atomic E-state index is 9.52. The highest BCUT2D eigenvalue weighted by atomic mass is 16.4. The molecule has 2 aliphatic carbocycles. The summed E-state index contributed by atoms with van der Waals surface area (Å²) in [5.74, 6) is -0.836. The van der Waals surface area contributed by atoms with E-state index in [2.05, 4.69) is 5.32 Å². The van der Waals surface area contributed by atoms with Crippen molar-refractivity contribution in [2.75, 3.05) is 6.54 Å². The van der Waals surface area contributed by atoms with Crippen molar-refractivity contribution in [3.63, 3.8) is 0 Å². The molecular weight excluding hydrogens is 240 g/mol. The number of hydrogen-bond acceptors (Lipinski definition) is 3. The van der Waals surface area contributed by atoms with Crippen molar-refractivity contribution in [1.82, 2.24) is 5.32 Å². The summed E-state index contributed by atoms with van der Waals surface area (Å²) in [5, 5.41) is 11.7. The van der Waals surface area contributed by atoms with E-state index >= 15 is 0 Å². The van der Waals surface area contributed by atoms with Crippen molar-refractivity contribution in [1.29, 1.82) is 0 Å². The van der Waals surface area contributed by atoms with E-state index in [1.807, 2.05) is 0 Å². The molecule has 0 radical (unpaired) electrons. The Morgan fingerprint density at radius 3 is 1.63 bits per heavy atom. The minimum atomic E-state index is -0.836. The number of rotatable bonds is 4. The fraction of sp³-hybridized carbons (Fsp3) is 0.933. The predicted molar refractivity (Wildman–Crippen MR) is 78.2 cm³/mol. The Balaban J connectivity index is 0.000000258. The van der Waals surface area contributed by atoms with Gasteiger partial charge in [0.2, 0.25) is 0 Å². The maximum atomic E-state index is 9.52. The lowest BCUT2D eigenvalue weighted by atomic mass is 9.91. The quantitative estimate of drug-likeness (QED) is 0.734. The van der Waals surface area contributed by atoms with Crippen LogP contribution in [0.1, 0.15) is 70.6 Å². The summed E-state index contributed by atoms with van der Waals surface area (Å²) < 4.78 is 0. The van der Waals surface area contributed by atoms with Gasteiger partial charge in [0, 0.05) is 18.6 Å². The van der Waals surface area contributed by atoms with Crippen LogP contribution in [-0.2, 0) is 4.79 Å². The lowest BCUT2D eigenvalue weighted by Crippen LogP contribution is -2.40. The van der Waals surface area contributed by atoms with Gasteiger partial charge in [-0.05, 0) is 25.7 Å². The predicted octanol–water partition coefficient (Wildman–Crippen LogP) is 2.66. The molecule has 0 aromatic heterocycles. The highest BCUT2D eigenvalue weighted by molar-refractivity contribution is 5.66. The monoisotopic (exact) mass is 270 g/mol. The van der Waals surface area contributed by atoms with Gasteiger partial charge in [0.1, 0.15) is 0 Å². The zero-order valence-corrected chi connectivity index (χ0v) is 12.1. The number of carboxylic acids is 1. The molecular formula is C15H30N2O2. The zero-order valence-electron chi connectivity index (χ0n) is 12.1. The van der Waals surface area contributed by atoms with Crippen LogP contribution >= 0.6 is 0 Å². The van der Waals surface area contributed by atoms with Crippen molar-refractivity contribution in [3.05, 3.63) is 0 Å². The molecule has 0 saturated heterocycles. The molecule has 0 bridgehead atoms. The Bertz CT molecular complexity index is 218. The molecule has 2 saturated carbocycles. The summed E-state index contributed by atoms with van der Waals surface area (Å²) in [7, 11) is 0. The van der Waals surface area contributed by atoms with Crippen LogP contribution in [-0.4, -0.2) is 29.7 Å². The molecule has 0 heterocycles. The first-order valence-electron chi connectivity index (χ1n) is 7.90. The third-order valence-corrected chi connectivity index (χ3v) is 4.04. The van der Waals surface area contributed by atoms with Gasteiger partial charge in [-0.1, -0.05) is 38.5 Å². The van der Waals surface area contributed by atoms with Gasteiger partial charge < -0.3 is 16.2 Å². The first-order valence-corrected chi connectivity index (χ1v) is 7.90. The first kappa shape index (κ1) is 16.4. The van der Waals surface area contributed by atoms with Crippen LogP contribution in [0.25, 0.3) is 0 Å². The van der Waals surface area contributed by atoms with Crippen molar-refractivity contribution in [2.45, 2.75) is 82.7 Å². The van der Waals surface area contributed by atoms with Crippen molar-refractivity contribution >= 4 is 5.97 Å². The fourth-order valence-electron chi connectivity index (χ4n) is 3.00. The molecule has 2 rings (SSSR count). The molecule has 4 nitrogen and oxygen atoms in total. The molecule has 0 amide bonds. The summed E-state index contributed by atoms with van der Waals surface area (Å²) in [5.41, 5.74) is 4.85. The van der Waals surface area contributed by atoms with E-state index in [-0.39, 0.29) is 13.0 Å². The van der Waals surface area contributed by atoms with Crippen LogP contribution in [0.2, 0.25) is 0 Å². The van der Waals surface area contributed by atoms with E-state index in [0.717, 1.165) is 12.1 Å². The number of hydrogen-bond donors (Lipinski definition) is 3. The lowest BCUT2D eigenvalue weighted by Gasteiger charge is -2.30. The van der Waals surface area contributed by atoms with Crippen LogP contribution in [0.3, 0.4) is 0 Å². The SMILES string of the molecule is C1CCC(NC2CCCCC2)CC1.NCCC(=O)O.